The van der Waals surface area contributed by atoms with Crippen LogP contribution >= 0.6 is 0 Å². The molecule has 0 aliphatic heterocycles. The standard InChI is InChI=1S/C17H25N3O/c1-13(2)20(4)12-11-19-17(21)16-9-5-7-15(14(16)3)8-6-10-18/h5,7,9,13H,10-12,18H2,1-4H3,(H,19,21). The highest BCUT2D eigenvalue weighted by Gasteiger charge is 2.11. The lowest BCUT2D eigenvalue weighted by Crippen LogP contribution is -2.36. The summed E-state index contributed by atoms with van der Waals surface area (Å²) < 4.78 is 0. The van der Waals surface area contributed by atoms with Gasteiger partial charge in [-0.25, -0.2) is 0 Å². The second-order valence-electron chi connectivity index (χ2n) is 5.31. The maximum atomic E-state index is 12.2. The molecule has 1 rings (SSSR count). The Morgan fingerprint density at radius 1 is 1.43 bits per heavy atom. The van der Waals surface area contributed by atoms with Gasteiger partial charge in [-0.05, 0) is 45.5 Å². The van der Waals surface area contributed by atoms with Gasteiger partial charge in [0.1, 0.15) is 0 Å². The predicted molar refractivity (Wildman–Crippen MR) is 87.2 cm³/mol. The van der Waals surface area contributed by atoms with Gasteiger partial charge < -0.3 is 16.0 Å². The summed E-state index contributed by atoms with van der Waals surface area (Å²) in [5, 5.41) is 2.96. The highest BCUT2D eigenvalue weighted by Crippen LogP contribution is 2.12. The number of rotatable bonds is 5. The van der Waals surface area contributed by atoms with Crippen molar-refractivity contribution in [3.63, 3.8) is 0 Å². The summed E-state index contributed by atoms with van der Waals surface area (Å²) in [5.74, 6) is 5.76. The van der Waals surface area contributed by atoms with Crippen LogP contribution in [0.15, 0.2) is 18.2 Å². The van der Waals surface area contributed by atoms with Crippen LogP contribution in [0, 0.1) is 18.8 Å². The van der Waals surface area contributed by atoms with Gasteiger partial charge in [-0.1, -0.05) is 17.9 Å². The Kier molecular flexibility index (Phi) is 6.93. The normalized spacial score (nSPS) is 10.4. The second kappa shape index (κ2) is 8.46. The van der Waals surface area contributed by atoms with Crippen molar-refractivity contribution in [1.82, 2.24) is 10.2 Å². The Hall–Kier alpha value is -1.83. The molecule has 0 bridgehead atoms. The number of amides is 1. The van der Waals surface area contributed by atoms with Gasteiger partial charge in [-0.15, -0.1) is 0 Å². The van der Waals surface area contributed by atoms with Crippen LogP contribution in [0.25, 0.3) is 0 Å². The molecule has 0 aliphatic rings. The second-order valence-corrected chi connectivity index (χ2v) is 5.31. The van der Waals surface area contributed by atoms with Crippen molar-refractivity contribution >= 4 is 5.91 Å². The van der Waals surface area contributed by atoms with E-state index in [0.29, 0.717) is 24.7 Å². The van der Waals surface area contributed by atoms with Crippen LogP contribution in [0.2, 0.25) is 0 Å². The maximum absolute atomic E-state index is 12.2. The molecule has 0 radical (unpaired) electrons. The zero-order valence-corrected chi connectivity index (χ0v) is 13.4. The zero-order valence-electron chi connectivity index (χ0n) is 13.4. The molecular weight excluding hydrogens is 262 g/mol. The maximum Gasteiger partial charge on any atom is 0.251 e. The number of benzene rings is 1. The summed E-state index contributed by atoms with van der Waals surface area (Å²) in [6.07, 6.45) is 0. The molecule has 0 atom stereocenters. The van der Waals surface area contributed by atoms with Gasteiger partial charge >= 0.3 is 0 Å². The van der Waals surface area contributed by atoms with Gasteiger partial charge in [0.15, 0.2) is 0 Å². The van der Waals surface area contributed by atoms with Gasteiger partial charge in [-0.2, -0.15) is 0 Å². The van der Waals surface area contributed by atoms with Crippen molar-refractivity contribution in [2.24, 2.45) is 5.73 Å². The topological polar surface area (TPSA) is 58.4 Å². The third kappa shape index (κ3) is 5.22. The van der Waals surface area contributed by atoms with E-state index in [9.17, 15) is 4.79 Å². The molecule has 3 N–H and O–H groups in total. The van der Waals surface area contributed by atoms with Crippen molar-refractivity contribution in [2.45, 2.75) is 26.8 Å². The Bertz CT molecular complexity index is 541. The quantitative estimate of drug-likeness (QED) is 0.804. The fourth-order valence-corrected chi connectivity index (χ4v) is 1.86. The fraction of sp³-hybridized carbons (Fsp3) is 0.471. The Morgan fingerprint density at radius 3 is 2.76 bits per heavy atom. The molecule has 0 heterocycles. The number of hydrogen-bond acceptors (Lipinski definition) is 3. The first-order valence-corrected chi connectivity index (χ1v) is 7.24. The van der Waals surface area contributed by atoms with E-state index in [0.717, 1.165) is 17.7 Å². The zero-order chi connectivity index (χ0) is 15.8. The molecule has 1 aromatic carbocycles. The first-order valence-electron chi connectivity index (χ1n) is 7.24. The number of likely N-dealkylation sites (N-methyl/N-ethyl adjacent to an activating group) is 1. The minimum absolute atomic E-state index is 0.0546. The predicted octanol–water partition coefficient (Wildman–Crippen LogP) is 1.38. The summed E-state index contributed by atoms with van der Waals surface area (Å²) in [7, 11) is 2.05. The molecule has 0 saturated heterocycles. The Balaban J connectivity index is 2.70. The van der Waals surface area contributed by atoms with Crippen molar-refractivity contribution in [1.29, 1.82) is 0 Å². The van der Waals surface area contributed by atoms with Crippen LogP contribution in [-0.4, -0.2) is 43.5 Å². The van der Waals surface area contributed by atoms with Crippen LogP contribution in [0.4, 0.5) is 0 Å². The molecule has 21 heavy (non-hydrogen) atoms. The summed E-state index contributed by atoms with van der Waals surface area (Å²) in [6.45, 7) is 7.95. The lowest BCUT2D eigenvalue weighted by atomic mass is 10.0. The highest BCUT2D eigenvalue weighted by molar-refractivity contribution is 5.96. The summed E-state index contributed by atoms with van der Waals surface area (Å²) >= 11 is 0. The first-order chi connectivity index (χ1) is 9.97. The summed E-state index contributed by atoms with van der Waals surface area (Å²) in [5.41, 5.74) is 7.81. The molecule has 4 nitrogen and oxygen atoms in total. The third-order valence-corrected chi connectivity index (χ3v) is 3.54. The number of nitrogens with two attached hydrogens (primary N) is 1. The molecule has 1 amide bonds. The SMILES string of the molecule is Cc1c(C#CCN)cccc1C(=O)NCCN(C)C(C)C. The minimum Gasteiger partial charge on any atom is -0.351 e. The first kappa shape index (κ1) is 17.2. The van der Waals surface area contributed by atoms with Gasteiger partial charge in [-0.3, -0.25) is 4.79 Å². The smallest absolute Gasteiger partial charge is 0.251 e. The van der Waals surface area contributed by atoms with Gasteiger partial charge in [0.05, 0.1) is 6.54 Å². The van der Waals surface area contributed by atoms with Gasteiger partial charge in [0.2, 0.25) is 0 Å². The lowest BCUT2D eigenvalue weighted by molar-refractivity contribution is 0.0947. The lowest BCUT2D eigenvalue weighted by Gasteiger charge is -2.21. The van der Waals surface area contributed by atoms with E-state index in [4.69, 9.17) is 5.73 Å². The summed E-state index contributed by atoms with van der Waals surface area (Å²) in [6, 6.07) is 6.05. The molecule has 0 aromatic heterocycles. The molecule has 0 spiro atoms. The van der Waals surface area contributed by atoms with E-state index in [-0.39, 0.29) is 5.91 Å². The molecule has 0 saturated carbocycles. The molecule has 0 aliphatic carbocycles. The third-order valence-electron chi connectivity index (χ3n) is 3.54. The largest absolute Gasteiger partial charge is 0.351 e. The number of nitrogens with one attached hydrogen (secondary N) is 1. The molecule has 114 valence electrons. The number of hydrogen-bond donors (Lipinski definition) is 2. The van der Waals surface area contributed by atoms with Crippen molar-refractivity contribution in [3.8, 4) is 11.8 Å². The van der Waals surface area contributed by atoms with E-state index in [2.05, 4.69) is 35.9 Å². The molecule has 0 unspecified atom stereocenters. The van der Waals surface area contributed by atoms with E-state index < -0.39 is 0 Å². The average molecular weight is 287 g/mol. The fourth-order valence-electron chi connectivity index (χ4n) is 1.86. The van der Waals surface area contributed by atoms with Gasteiger partial charge in [0.25, 0.3) is 5.91 Å². The number of carbonyl (C=O) groups excluding carboxylic acids is 1. The van der Waals surface area contributed by atoms with Crippen LogP contribution in [0.1, 0.15) is 35.3 Å². The number of carbonyl (C=O) groups is 1. The average Bonchev–Trinajstić information content (AvgIpc) is 2.45. The van der Waals surface area contributed by atoms with Crippen molar-refractivity contribution < 1.29 is 4.79 Å². The van der Waals surface area contributed by atoms with Crippen LogP contribution in [0.5, 0.6) is 0 Å². The van der Waals surface area contributed by atoms with Crippen LogP contribution in [0.3, 0.4) is 0 Å². The van der Waals surface area contributed by atoms with E-state index in [1.54, 1.807) is 0 Å². The van der Waals surface area contributed by atoms with E-state index in [1.807, 2.05) is 32.2 Å². The molecule has 0 fully saturated rings. The summed E-state index contributed by atoms with van der Waals surface area (Å²) in [4.78, 5) is 14.4. The van der Waals surface area contributed by atoms with Crippen molar-refractivity contribution in [2.75, 3.05) is 26.7 Å². The highest BCUT2D eigenvalue weighted by atomic mass is 16.1. The van der Waals surface area contributed by atoms with Crippen molar-refractivity contribution in [3.05, 3.63) is 34.9 Å². The van der Waals surface area contributed by atoms with E-state index >= 15 is 0 Å². The minimum atomic E-state index is -0.0546. The molecular formula is C17H25N3O. The monoisotopic (exact) mass is 287 g/mol. The number of nitrogens with zero attached hydrogens (tertiary/aromatic N) is 1. The van der Waals surface area contributed by atoms with Crippen LogP contribution < -0.4 is 11.1 Å². The van der Waals surface area contributed by atoms with E-state index in [1.165, 1.54) is 0 Å². The molecule has 4 heteroatoms. The Labute approximate surface area is 127 Å². The molecule has 1 aromatic rings. The van der Waals surface area contributed by atoms with Crippen LogP contribution in [-0.2, 0) is 0 Å². The Morgan fingerprint density at radius 2 is 2.14 bits per heavy atom. The van der Waals surface area contributed by atoms with Gasteiger partial charge in [0, 0.05) is 30.3 Å².